The molecular weight excluding hydrogens is 307 g/mol. The molecule has 0 saturated heterocycles. The van der Waals surface area contributed by atoms with E-state index in [0.717, 1.165) is 15.7 Å². The van der Waals surface area contributed by atoms with Gasteiger partial charge in [-0.2, -0.15) is 5.26 Å². The average Bonchev–Trinajstić information content (AvgIpc) is 2.39. The molecule has 2 rings (SSSR count). The zero-order chi connectivity index (χ0) is 13.8. The third-order valence-corrected chi connectivity index (χ3v) is 3.53. The molecule has 0 saturated carbocycles. The smallest absolute Gasteiger partial charge is 0.123 e. The van der Waals surface area contributed by atoms with Gasteiger partial charge in [0, 0.05) is 10.5 Å². The molecule has 1 N–H and O–H groups in total. The average molecular weight is 319 g/mol. The summed E-state index contributed by atoms with van der Waals surface area (Å²) in [6.45, 7) is 1.97. The number of hydrogen-bond acceptors (Lipinski definition) is 2. The van der Waals surface area contributed by atoms with E-state index < -0.39 is 0 Å². The molecule has 0 aliphatic rings. The molecular formula is C15H12BrFN2. The van der Waals surface area contributed by atoms with E-state index in [-0.39, 0.29) is 11.9 Å². The van der Waals surface area contributed by atoms with Gasteiger partial charge in [0.25, 0.3) is 0 Å². The van der Waals surface area contributed by atoms with Crippen LogP contribution in [0.25, 0.3) is 0 Å². The molecule has 4 heteroatoms. The zero-order valence-electron chi connectivity index (χ0n) is 10.3. The number of rotatable bonds is 3. The Morgan fingerprint density at radius 3 is 2.53 bits per heavy atom. The highest BCUT2D eigenvalue weighted by Gasteiger charge is 2.10. The van der Waals surface area contributed by atoms with Crippen LogP contribution in [0.1, 0.15) is 24.1 Å². The second-order valence-electron chi connectivity index (χ2n) is 4.19. The first-order valence-electron chi connectivity index (χ1n) is 5.82. The number of nitriles is 1. The highest BCUT2D eigenvalue weighted by Crippen LogP contribution is 2.27. The fourth-order valence-corrected chi connectivity index (χ4v) is 2.28. The van der Waals surface area contributed by atoms with Crippen LogP contribution in [0.15, 0.2) is 46.9 Å². The Morgan fingerprint density at radius 1 is 1.21 bits per heavy atom. The molecule has 0 spiro atoms. The van der Waals surface area contributed by atoms with Crippen LogP contribution >= 0.6 is 15.9 Å². The summed E-state index contributed by atoms with van der Waals surface area (Å²) in [6, 6.07) is 14.0. The molecule has 0 heterocycles. The molecule has 0 amide bonds. The first-order chi connectivity index (χ1) is 9.11. The molecule has 0 bridgehead atoms. The summed E-state index contributed by atoms with van der Waals surface area (Å²) in [5, 5.41) is 12.4. The van der Waals surface area contributed by atoms with E-state index in [1.165, 1.54) is 12.1 Å². The summed E-state index contributed by atoms with van der Waals surface area (Å²) in [4.78, 5) is 0. The van der Waals surface area contributed by atoms with E-state index in [2.05, 4.69) is 27.3 Å². The van der Waals surface area contributed by atoms with Crippen molar-refractivity contribution in [1.82, 2.24) is 0 Å². The fourth-order valence-electron chi connectivity index (χ4n) is 1.83. The van der Waals surface area contributed by atoms with Crippen LogP contribution in [-0.4, -0.2) is 0 Å². The molecule has 1 unspecified atom stereocenters. The maximum Gasteiger partial charge on any atom is 0.123 e. The van der Waals surface area contributed by atoms with Crippen LogP contribution in [0.2, 0.25) is 0 Å². The quantitative estimate of drug-likeness (QED) is 0.895. The van der Waals surface area contributed by atoms with Crippen LogP contribution in [0, 0.1) is 17.1 Å². The molecule has 96 valence electrons. The van der Waals surface area contributed by atoms with Crippen molar-refractivity contribution >= 4 is 21.6 Å². The molecule has 2 nitrogen and oxygen atoms in total. The summed E-state index contributed by atoms with van der Waals surface area (Å²) in [5.74, 6) is -0.254. The second kappa shape index (κ2) is 5.85. The lowest BCUT2D eigenvalue weighted by Gasteiger charge is -2.17. The summed E-state index contributed by atoms with van der Waals surface area (Å²) >= 11 is 3.35. The molecule has 0 radical (unpaired) electrons. The SMILES string of the molecule is CC(Nc1cccc(Br)c1C#N)c1ccc(F)cc1. The Morgan fingerprint density at radius 2 is 1.89 bits per heavy atom. The Labute approximate surface area is 120 Å². The van der Waals surface area contributed by atoms with Gasteiger partial charge >= 0.3 is 0 Å². The Kier molecular flexibility index (Phi) is 4.18. The van der Waals surface area contributed by atoms with Crippen molar-refractivity contribution in [2.24, 2.45) is 0 Å². The Hall–Kier alpha value is -1.86. The van der Waals surface area contributed by atoms with Gasteiger partial charge in [-0.1, -0.05) is 18.2 Å². The number of halogens is 2. The van der Waals surface area contributed by atoms with Gasteiger partial charge in [-0.05, 0) is 52.7 Å². The maximum absolute atomic E-state index is 12.9. The topological polar surface area (TPSA) is 35.8 Å². The standard InChI is InChI=1S/C15H12BrFN2/c1-10(11-5-7-12(17)8-6-11)19-15-4-2-3-14(16)13(15)9-18/h2-8,10,19H,1H3. The second-order valence-corrected chi connectivity index (χ2v) is 5.05. The zero-order valence-corrected chi connectivity index (χ0v) is 11.9. The lowest BCUT2D eigenvalue weighted by atomic mass is 10.1. The number of nitrogens with zero attached hydrogens (tertiary/aromatic N) is 1. The van der Waals surface area contributed by atoms with Crippen molar-refractivity contribution in [2.45, 2.75) is 13.0 Å². The predicted octanol–water partition coefficient (Wildman–Crippen LogP) is 4.63. The monoisotopic (exact) mass is 318 g/mol. The van der Waals surface area contributed by atoms with Gasteiger partial charge in [0.05, 0.1) is 11.3 Å². The van der Waals surface area contributed by atoms with E-state index in [9.17, 15) is 4.39 Å². The minimum absolute atomic E-state index is 0.0120. The lowest BCUT2D eigenvalue weighted by Crippen LogP contribution is -2.08. The fraction of sp³-hybridized carbons (Fsp3) is 0.133. The van der Waals surface area contributed by atoms with Crippen molar-refractivity contribution in [3.63, 3.8) is 0 Å². The lowest BCUT2D eigenvalue weighted by molar-refractivity contribution is 0.626. The van der Waals surface area contributed by atoms with Gasteiger partial charge in [-0.25, -0.2) is 4.39 Å². The number of hydrogen-bond donors (Lipinski definition) is 1. The van der Waals surface area contributed by atoms with Gasteiger partial charge in [0.2, 0.25) is 0 Å². The molecule has 0 aromatic heterocycles. The van der Waals surface area contributed by atoms with Crippen molar-refractivity contribution in [1.29, 1.82) is 5.26 Å². The Balaban J connectivity index is 2.24. The summed E-state index contributed by atoms with van der Waals surface area (Å²) in [6.07, 6.45) is 0. The molecule has 0 aliphatic carbocycles. The van der Waals surface area contributed by atoms with E-state index in [1.54, 1.807) is 12.1 Å². The highest BCUT2D eigenvalue weighted by atomic mass is 79.9. The van der Waals surface area contributed by atoms with Crippen molar-refractivity contribution in [3.8, 4) is 6.07 Å². The summed E-state index contributed by atoms with van der Waals surface area (Å²) < 4.78 is 13.6. The van der Waals surface area contributed by atoms with Gasteiger partial charge < -0.3 is 5.32 Å². The van der Waals surface area contributed by atoms with Gasteiger partial charge in [0.15, 0.2) is 0 Å². The van der Waals surface area contributed by atoms with Crippen molar-refractivity contribution in [3.05, 3.63) is 63.9 Å². The van der Waals surface area contributed by atoms with E-state index in [1.807, 2.05) is 25.1 Å². The number of benzene rings is 2. The largest absolute Gasteiger partial charge is 0.377 e. The molecule has 2 aromatic carbocycles. The minimum atomic E-state index is -0.254. The normalized spacial score (nSPS) is 11.7. The van der Waals surface area contributed by atoms with Crippen LogP contribution in [0.4, 0.5) is 10.1 Å². The van der Waals surface area contributed by atoms with Gasteiger partial charge in [-0.3, -0.25) is 0 Å². The highest BCUT2D eigenvalue weighted by molar-refractivity contribution is 9.10. The van der Waals surface area contributed by atoms with Crippen molar-refractivity contribution < 1.29 is 4.39 Å². The number of nitrogens with one attached hydrogen (secondary N) is 1. The summed E-state index contributed by atoms with van der Waals surface area (Å²) in [7, 11) is 0. The third kappa shape index (κ3) is 3.12. The predicted molar refractivity (Wildman–Crippen MR) is 77.3 cm³/mol. The van der Waals surface area contributed by atoms with Crippen LogP contribution in [-0.2, 0) is 0 Å². The maximum atomic E-state index is 12.9. The molecule has 0 fully saturated rings. The first-order valence-corrected chi connectivity index (χ1v) is 6.61. The first kappa shape index (κ1) is 13.6. The van der Waals surface area contributed by atoms with E-state index in [4.69, 9.17) is 5.26 Å². The van der Waals surface area contributed by atoms with E-state index in [0.29, 0.717) is 5.56 Å². The summed E-state index contributed by atoms with van der Waals surface area (Å²) in [5.41, 5.74) is 2.29. The van der Waals surface area contributed by atoms with Gasteiger partial charge in [0.1, 0.15) is 11.9 Å². The van der Waals surface area contributed by atoms with E-state index >= 15 is 0 Å². The van der Waals surface area contributed by atoms with Crippen molar-refractivity contribution in [2.75, 3.05) is 5.32 Å². The van der Waals surface area contributed by atoms with Gasteiger partial charge in [-0.15, -0.1) is 0 Å². The molecule has 0 aliphatic heterocycles. The Bertz CT molecular complexity index is 617. The molecule has 1 atom stereocenters. The third-order valence-electron chi connectivity index (χ3n) is 2.87. The molecule has 19 heavy (non-hydrogen) atoms. The van der Waals surface area contributed by atoms with Crippen LogP contribution in [0.3, 0.4) is 0 Å². The van der Waals surface area contributed by atoms with Crippen LogP contribution < -0.4 is 5.32 Å². The minimum Gasteiger partial charge on any atom is -0.377 e. The molecule has 2 aromatic rings. The van der Waals surface area contributed by atoms with Crippen LogP contribution in [0.5, 0.6) is 0 Å². The number of anilines is 1.